The predicted molar refractivity (Wildman–Crippen MR) is 126 cm³/mol. The summed E-state index contributed by atoms with van der Waals surface area (Å²) in [4.78, 5) is 42.0. The second kappa shape index (κ2) is 8.48. The molecule has 1 unspecified atom stereocenters. The third-order valence-electron chi connectivity index (χ3n) is 8.90. The van der Waals surface area contributed by atoms with Gasteiger partial charge in [-0.05, 0) is 54.9 Å². The summed E-state index contributed by atoms with van der Waals surface area (Å²) in [6, 6.07) is 10.6. The SMILES string of the molecule is O=C1CC(C(=O)N[C@@H]2CC(C(=O)N3CCC4(CC3)CN(Cc3ccccc3)C4)C3CC2C3)=NN1. The molecule has 1 aromatic carbocycles. The van der Waals surface area contributed by atoms with Crippen molar-refractivity contribution in [2.75, 3.05) is 26.2 Å². The fourth-order valence-electron chi connectivity index (χ4n) is 6.86. The molecule has 3 amide bonds. The van der Waals surface area contributed by atoms with Crippen molar-refractivity contribution >= 4 is 23.4 Å². The van der Waals surface area contributed by atoms with Gasteiger partial charge in [-0.3, -0.25) is 19.3 Å². The van der Waals surface area contributed by atoms with E-state index < -0.39 is 0 Å². The molecular formula is C26H33N5O3. The molecule has 2 saturated heterocycles. The van der Waals surface area contributed by atoms with Crippen molar-refractivity contribution < 1.29 is 14.4 Å². The number of carbonyl (C=O) groups excluding carboxylic acids is 3. The van der Waals surface area contributed by atoms with Crippen molar-refractivity contribution in [3.63, 3.8) is 0 Å². The van der Waals surface area contributed by atoms with Crippen LogP contribution in [0.1, 0.15) is 44.1 Å². The number of hydrogen-bond donors (Lipinski definition) is 2. The van der Waals surface area contributed by atoms with Gasteiger partial charge in [0.1, 0.15) is 5.71 Å². The Hall–Kier alpha value is -2.74. The van der Waals surface area contributed by atoms with Crippen molar-refractivity contribution in [1.82, 2.24) is 20.5 Å². The second-order valence-corrected chi connectivity index (χ2v) is 11.1. The number of carbonyl (C=O) groups is 3. The Balaban J connectivity index is 0.997. The summed E-state index contributed by atoms with van der Waals surface area (Å²) in [5.74, 6) is 0.670. The van der Waals surface area contributed by atoms with E-state index in [4.69, 9.17) is 0 Å². The lowest BCUT2D eigenvalue weighted by Gasteiger charge is -2.55. The van der Waals surface area contributed by atoms with Crippen molar-refractivity contribution in [2.45, 2.75) is 51.1 Å². The zero-order valence-corrected chi connectivity index (χ0v) is 19.5. The largest absolute Gasteiger partial charge is 0.348 e. The minimum Gasteiger partial charge on any atom is -0.348 e. The maximum atomic E-state index is 13.5. The first-order valence-corrected chi connectivity index (χ1v) is 12.7. The van der Waals surface area contributed by atoms with Gasteiger partial charge in [0.05, 0.1) is 6.42 Å². The van der Waals surface area contributed by atoms with Gasteiger partial charge in [-0.15, -0.1) is 0 Å². The Labute approximate surface area is 200 Å². The summed E-state index contributed by atoms with van der Waals surface area (Å²) in [7, 11) is 0. The first kappa shape index (κ1) is 21.8. The lowest BCUT2D eigenvalue weighted by molar-refractivity contribution is -0.149. The molecule has 0 radical (unpaired) electrons. The fourth-order valence-corrected chi connectivity index (χ4v) is 6.86. The number of piperidine rings is 1. The van der Waals surface area contributed by atoms with E-state index in [0.717, 1.165) is 58.4 Å². The predicted octanol–water partition coefficient (Wildman–Crippen LogP) is 1.52. The van der Waals surface area contributed by atoms with Gasteiger partial charge in [0.2, 0.25) is 11.8 Å². The standard InChI is InChI=1S/C26H33N5O3/c32-23-13-22(28-29-23)24(33)27-21-12-20(18-10-19(21)11-18)25(34)31-8-6-26(7-9-31)15-30(16-26)14-17-4-2-1-3-5-17/h1-5,18-21H,6-16H2,(H,27,33)(H,29,32)/t18?,19?,20?,21-/m1/s1. The van der Waals surface area contributed by atoms with Gasteiger partial charge in [0.15, 0.2) is 0 Å². The summed E-state index contributed by atoms with van der Waals surface area (Å²) in [5.41, 5.74) is 4.33. The van der Waals surface area contributed by atoms with Crippen LogP contribution in [0.25, 0.3) is 0 Å². The number of amides is 3. The van der Waals surface area contributed by atoms with Crippen LogP contribution in [-0.4, -0.2) is 65.5 Å². The second-order valence-electron chi connectivity index (χ2n) is 11.1. The molecule has 180 valence electrons. The zero-order valence-electron chi connectivity index (χ0n) is 19.5. The van der Waals surface area contributed by atoms with Crippen molar-refractivity contribution in [3.8, 4) is 0 Å². The minimum atomic E-state index is -0.273. The molecule has 2 N–H and O–H groups in total. The number of rotatable bonds is 5. The van der Waals surface area contributed by atoms with Crippen molar-refractivity contribution in [1.29, 1.82) is 0 Å². The average Bonchev–Trinajstić information content (AvgIpc) is 3.24. The highest BCUT2D eigenvalue weighted by atomic mass is 16.2. The van der Waals surface area contributed by atoms with Gasteiger partial charge in [-0.25, -0.2) is 5.43 Å². The summed E-state index contributed by atoms with van der Waals surface area (Å²) in [5, 5.41) is 6.90. The monoisotopic (exact) mass is 463 g/mol. The van der Waals surface area contributed by atoms with E-state index in [0.29, 0.717) is 23.7 Å². The van der Waals surface area contributed by atoms with E-state index in [1.807, 2.05) is 0 Å². The number of nitrogens with one attached hydrogen (secondary N) is 2. The maximum Gasteiger partial charge on any atom is 0.268 e. The number of fused-ring (bicyclic) bond motifs is 2. The Morgan fingerprint density at radius 2 is 1.79 bits per heavy atom. The van der Waals surface area contributed by atoms with Crippen LogP contribution in [0.3, 0.4) is 0 Å². The molecule has 8 nitrogen and oxygen atoms in total. The molecule has 8 heteroatoms. The molecule has 1 spiro atoms. The molecule has 3 aliphatic carbocycles. The third-order valence-corrected chi connectivity index (χ3v) is 8.90. The molecule has 3 heterocycles. The zero-order chi connectivity index (χ0) is 23.3. The molecule has 2 bridgehead atoms. The van der Waals surface area contributed by atoms with E-state index in [2.05, 4.69) is 56.0 Å². The lowest BCUT2D eigenvalue weighted by Crippen LogP contribution is -2.62. The Bertz CT molecular complexity index is 1000. The first-order valence-electron chi connectivity index (χ1n) is 12.7. The quantitative estimate of drug-likeness (QED) is 0.692. The average molecular weight is 464 g/mol. The van der Waals surface area contributed by atoms with Crippen LogP contribution in [0.15, 0.2) is 35.4 Å². The fraction of sp³-hybridized carbons (Fsp3) is 0.615. The number of likely N-dealkylation sites (tertiary alicyclic amines) is 2. The number of hydrogen-bond acceptors (Lipinski definition) is 5. The highest BCUT2D eigenvalue weighted by molar-refractivity contribution is 6.43. The normalized spacial score (nSPS) is 31.8. The smallest absolute Gasteiger partial charge is 0.268 e. The summed E-state index contributed by atoms with van der Waals surface area (Å²) >= 11 is 0. The van der Waals surface area contributed by atoms with Gasteiger partial charge < -0.3 is 10.2 Å². The molecule has 0 aromatic heterocycles. The number of hydrazone groups is 1. The third kappa shape index (κ3) is 4.02. The van der Waals surface area contributed by atoms with E-state index in [1.165, 1.54) is 5.56 Å². The van der Waals surface area contributed by atoms with E-state index in [9.17, 15) is 14.4 Å². The van der Waals surface area contributed by atoms with Crippen LogP contribution in [0.2, 0.25) is 0 Å². The lowest BCUT2D eigenvalue weighted by atomic mass is 9.57. The maximum absolute atomic E-state index is 13.5. The number of nitrogens with zero attached hydrogens (tertiary/aromatic N) is 3. The van der Waals surface area contributed by atoms with Gasteiger partial charge in [-0.2, -0.15) is 5.10 Å². The van der Waals surface area contributed by atoms with Crippen LogP contribution in [0, 0.1) is 23.2 Å². The van der Waals surface area contributed by atoms with Crippen LogP contribution in [-0.2, 0) is 20.9 Å². The van der Waals surface area contributed by atoms with E-state index >= 15 is 0 Å². The first-order chi connectivity index (χ1) is 16.5. The van der Waals surface area contributed by atoms with Gasteiger partial charge in [0, 0.05) is 44.7 Å². The summed E-state index contributed by atoms with van der Waals surface area (Å²) < 4.78 is 0. The van der Waals surface area contributed by atoms with Gasteiger partial charge in [0.25, 0.3) is 5.91 Å². The molecule has 5 fully saturated rings. The molecule has 3 saturated carbocycles. The molecule has 6 aliphatic rings. The topological polar surface area (TPSA) is 94.1 Å². The molecule has 1 aromatic rings. The molecular weight excluding hydrogens is 430 g/mol. The minimum absolute atomic E-state index is 0.000776. The highest BCUT2D eigenvalue weighted by Crippen LogP contribution is 2.50. The van der Waals surface area contributed by atoms with E-state index in [1.54, 1.807) is 0 Å². The molecule has 3 aliphatic heterocycles. The van der Waals surface area contributed by atoms with Crippen LogP contribution in [0.4, 0.5) is 0 Å². The summed E-state index contributed by atoms with van der Waals surface area (Å²) in [6.07, 6.45) is 4.94. The van der Waals surface area contributed by atoms with Gasteiger partial charge in [-0.1, -0.05) is 30.3 Å². The number of benzene rings is 1. The van der Waals surface area contributed by atoms with E-state index in [-0.39, 0.29) is 41.8 Å². The molecule has 7 rings (SSSR count). The summed E-state index contributed by atoms with van der Waals surface area (Å²) in [6.45, 7) is 4.98. The van der Waals surface area contributed by atoms with Gasteiger partial charge >= 0.3 is 0 Å². The van der Waals surface area contributed by atoms with Crippen LogP contribution in [0.5, 0.6) is 0 Å². The molecule has 34 heavy (non-hydrogen) atoms. The van der Waals surface area contributed by atoms with Crippen LogP contribution >= 0.6 is 0 Å². The Morgan fingerprint density at radius 1 is 1.06 bits per heavy atom. The van der Waals surface area contributed by atoms with Crippen molar-refractivity contribution in [2.24, 2.45) is 28.3 Å². The highest BCUT2D eigenvalue weighted by Gasteiger charge is 2.51. The van der Waals surface area contributed by atoms with Crippen molar-refractivity contribution in [3.05, 3.63) is 35.9 Å². The Morgan fingerprint density at radius 3 is 2.47 bits per heavy atom. The molecule has 2 atom stereocenters. The Kier molecular flexibility index (Phi) is 5.43. The van der Waals surface area contributed by atoms with Crippen LogP contribution < -0.4 is 10.7 Å².